The van der Waals surface area contributed by atoms with Crippen LogP contribution in [-0.4, -0.2) is 27.8 Å². The minimum atomic E-state index is -0.329. The van der Waals surface area contributed by atoms with E-state index >= 15 is 0 Å². The van der Waals surface area contributed by atoms with Crippen molar-refractivity contribution >= 4 is 29.8 Å². The number of ether oxygens (including phenoxy) is 1. The summed E-state index contributed by atoms with van der Waals surface area (Å²) in [6.45, 7) is 0. The Morgan fingerprint density at radius 2 is 1.67 bits per heavy atom. The van der Waals surface area contributed by atoms with Gasteiger partial charge in [-0.3, -0.25) is 0 Å². The minimum absolute atomic E-state index is 0.329. The van der Waals surface area contributed by atoms with Crippen molar-refractivity contribution in [3.8, 4) is 0 Å². The lowest BCUT2D eigenvalue weighted by Gasteiger charge is -2.06. The summed E-state index contributed by atoms with van der Waals surface area (Å²) >= 11 is 0. The van der Waals surface area contributed by atoms with Crippen LogP contribution in [0.2, 0.25) is 0 Å². The lowest BCUT2D eigenvalue weighted by atomic mass is 10.3. The van der Waals surface area contributed by atoms with Crippen LogP contribution in [0.3, 0.4) is 0 Å². The van der Waals surface area contributed by atoms with Gasteiger partial charge in [0.1, 0.15) is 0 Å². The molecule has 8 bridgehead atoms. The van der Waals surface area contributed by atoms with Crippen molar-refractivity contribution in [2.45, 2.75) is 6.23 Å². The van der Waals surface area contributed by atoms with Crippen LogP contribution in [0.1, 0.15) is 11.4 Å². The molecule has 0 saturated heterocycles. The highest BCUT2D eigenvalue weighted by molar-refractivity contribution is 6.18. The van der Waals surface area contributed by atoms with Crippen LogP contribution in [-0.2, 0) is 4.74 Å². The molecule has 3 aliphatic heterocycles. The summed E-state index contributed by atoms with van der Waals surface area (Å²) < 4.78 is 5.81. The Morgan fingerprint density at radius 1 is 0.833 bits per heavy atom. The SMILES string of the molecule is C1=CC2=NC1=Cc1ccc([nH]1)C=c1ccc([nH]1)=CC1=NC(C=C1)O2. The number of H-pyrrole nitrogens is 2. The van der Waals surface area contributed by atoms with E-state index in [0.717, 1.165) is 33.5 Å². The van der Waals surface area contributed by atoms with Gasteiger partial charge in [-0.25, -0.2) is 9.98 Å². The summed E-state index contributed by atoms with van der Waals surface area (Å²) in [4.78, 5) is 15.7. The van der Waals surface area contributed by atoms with Gasteiger partial charge in [0.05, 0.1) is 11.4 Å². The molecule has 5 nitrogen and oxygen atoms in total. The van der Waals surface area contributed by atoms with E-state index in [-0.39, 0.29) is 6.23 Å². The van der Waals surface area contributed by atoms with Crippen molar-refractivity contribution in [1.82, 2.24) is 9.97 Å². The Hall–Kier alpha value is -3.34. The second kappa shape index (κ2) is 5.09. The average molecular weight is 314 g/mol. The number of fused-ring (bicyclic) bond motifs is 6. The second-order valence-electron chi connectivity index (χ2n) is 5.80. The van der Waals surface area contributed by atoms with Crippen molar-refractivity contribution in [3.63, 3.8) is 0 Å². The number of hydrogen-bond acceptors (Lipinski definition) is 3. The molecule has 5 rings (SSSR count). The van der Waals surface area contributed by atoms with Crippen LogP contribution < -0.4 is 10.7 Å². The van der Waals surface area contributed by atoms with Crippen LogP contribution in [0.15, 0.2) is 64.3 Å². The van der Waals surface area contributed by atoms with E-state index < -0.39 is 0 Å². The van der Waals surface area contributed by atoms with Gasteiger partial charge in [0.15, 0.2) is 0 Å². The number of aromatic nitrogens is 2. The van der Waals surface area contributed by atoms with Gasteiger partial charge in [0.25, 0.3) is 0 Å². The maximum Gasteiger partial charge on any atom is 0.216 e. The molecule has 0 radical (unpaired) electrons. The first kappa shape index (κ1) is 13.1. The van der Waals surface area contributed by atoms with E-state index in [0.29, 0.717) is 5.90 Å². The fraction of sp³-hybridized carbons (Fsp3) is 0.0526. The molecular weight excluding hydrogens is 300 g/mol. The molecule has 116 valence electrons. The van der Waals surface area contributed by atoms with Crippen molar-refractivity contribution in [2.24, 2.45) is 9.98 Å². The highest BCUT2D eigenvalue weighted by Crippen LogP contribution is 2.17. The van der Waals surface area contributed by atoms with Gasteiger partial charge >= 0.3 is 0 Å². The van der Waals surface area contributed by atoms with E-state index in [4.69, 9.17) is 4.74 Å². The van der Waals surface area contributed by atoms with Crippen molar-refractivity contribution in [2.75, 3.05) is 0 Å². The molecule has 5 heteroatoms. The molecular formula is C19H14N4O. The summed E-state index contributed by atoms with van der Waals surface area (Å²) in [7, 11) is 0. The zero-order chi connectivity index (χ0) is 15.9. The Balaban J connectivity index is 1.66. The number of aromatic amines is 2. The summed E-state index contributed by atoms with van der Waals surface area (Å²) in [6.07, 6.45) is 13.4. The van der Waals surface area contributed by atoms with E-state index in [1.807, 2.05) is 60.7 Å². The smallest absolute Gasteiger partial charge is 0.216 e. The molecule has 0 aromatic carbocycles. The molecule has 1 unspecified atom stereocenters. The molecule has 0 saturated carbocycles. The quantitative estimate of drug-likeness (QED) is 0.762. The zero-order valence-electron chi connectivity index (χ0n) is 12.7. The average Bonchev–Trinajstić information content (AvgIpc) is 3.32. The third kappa shape index (κ3) is 2.46. The molecule has 3 aliphatic rings. The maximum atomic E-state index is 5.81. The van der Waals surface area contributed by atoms with Gasteiger partial charge in [-0.15, -0.1) is 0 Å². The highest BCUT2D eigenvalue weighted by Gasteiger charge is 2.15. The van der Waals surface area contributed by atoms with Crippen LogP contribution in [0.5, 0.6) is 0 Å². The molecule has 2 aromatic heterocycles. The van der Waals surface area contributed by atoms with Gasteiger partial charge in [0.2, 0.25) is 12.1 Å². The number of allylic oxidation sites excluding steroid dienone is 2. The molecule has 0 aliphatic carbocycles. The number of aliphatic imine (C=N–C) groups is 2. The lowest BCUT2D eigenvalue weighted by molar-refractivity contribution is 0.252. The molecule has 0 fully saturated rings. The van der Waals surface area contributed by atoms with E-state index in [1.165, 1.54) is 0 Å². The summed E-state index contributed by atoms with van der Waals surface area (Å²) in [6, 6.07) is 8.16. The van der Waals surface area contributed by atoms with Crippen LogP contribution in [0.25, 0.3) is 18.2 Å². The molecule has 2 N–H and O–H groups in total. The first-order valence-corrected chi connectivity index (χ1v) is 7.79. The molecule has 0 amide bonds. The molecule has 2 aromatic rings. The number of rotatable bonds is 0. The van der Waals surface area contributed by atoms with Crippen molar-refractivity contribution < 1.29 is 4.74 Å². The Morgan fingerprint density at radius 3 is 2.58 bits per heavy atom. The van der Waals surface area contributed by atoms with Crippen LogP contribution in [0, 0.1) is 0 Å². The first-order chi connectivity index (χ1) is 11.8. The Bertz CT molecular complexity index is 1090. The minimum Gasteiger partial charge on any atom is -0.448 e. The van der Waals surface area contributed by atoms with E-state index in [9.17, 15) is 0 Å². The standard InChI is InChI=1S/C19H14N4O/c1-3-14-10-16-5-7-18(22-16)24-19-8-6-17(23-19)11-15-4-2-13(21-15)9-12(1)20-14/h1-11,18,20-21H. The van der Waals surface area contributed by atoms with Crippen molar-refractivity contribution in [3.05, 3.63) is 76.4 Å². The Kier molecular flexibility index (Phi) is 2.79. The zero-order valence-corrected chi connectivity index (χ0v) is 12.7. The number of nitrogens with zero attached hydrogens (tertiary/aromatic N) is 2. The Labute approximate surface area is 137 Å². The highest BCUT2D eigenvalue weighted by atomic mass is 16.5. The third-order valence-corrected chi connectivity index (χ3v) is 3.97. The topological polar surface area (TPSA) is 65.5 Å². The van der Waals surface area contributed by atoms with Crippen molar-refractivity contribution in [1.29, 1.82) is 0 Å². The monoisotopic (exact) mass is 314 g/mol. The number of nitrogens with one attached hydrogen (secondary N) is 2. The largest absolute Gasteiger partial charge is 0.448 e. The van der Waals surface area contributed by atoms with E-state index in [1.54, 1.807) is 0 Å². The fourth-order valence-corrected chi connectivity index (χ4v) is 2.88. The van der Waals surface area contributed by atoms with Gasteiger partial charge in [-0.1, -0.05) is 0 Å². The van der Waals surface area contributed by atoms with Gasteiger partial charge in [-0.05, 0) is 60.7 Å². The summed E-state index contributed by atoms with van der Waals surface area (Å²) in [5.41, 5.74) is 3.76. The molecule has 5 heterocycles. The van der Waals surface area contributed by atoms with Crippen LogP contribution >= 0.6 is 0 Å². The lowest BCUT2D eigenvalue weighted by Crippen LogP contribution is -2.12. The third-order valence-electron chi connectivity index (χ3n) is 3.97. The van der Waals surface area contributed by atoms with Gasteiger partial charge in [-0.2, -0.15) is 0 Å². The maximum absolute atomic E-state index is 5.81. The molecule has 24 heavy (non-hydrogen) atoms. The van der Waals surface area contributed by atoms with E-state index in [2.05, 4.69) is 26.0 Å². The predicted octanol–water partition coefficient (Wildman–Crippen LogP) is 1.63. The first-order valence-electron chi connectivity index (χ1n) is 7.79. The molecule has 1 atom stereocenters. The molecule has 0 spiro atoms. The normalized spacial score (nSPS) is 20.7. The van der Waals surface area contributed by atoms with Crippen LogP contribution in [0.4, 0.5) is 0 Å². The summed E-state index contributed by atoms with van der Waals surface area (Å²) in [5.74, 6) is 0.577. The predicted molar refractivity (Wildman–Crippen MR) is 94.9 cm³/mol. The van der Waals surface area contributed by atoms with Gasteiger partial charge < -0.3 is 14.7 Å². The second-order valence-corrected chi connectivity index (χ2v) is 5.80. The van der Waals surface area contributed by atoms with Gasteiger partial charge in [0, 0.05) is 28.2 Å². The summed E-state index contributed by atoms with van der Waals surface area (Å²) in [5, 5.41) is 2.04. The fourth-order valence-electron chi connectivity index (χ4n) is 2.88. The number of hydrogen-bond donors (Lipinski definition) is 2.